The van der Waals surface area contributed by atoms with Gasteiger partial charge in [-0.2, -0.15) is 11.8 Å². The van der Waals surface area contributed by atoms with Crippen LogP contribution in [0.5, 0.6) is 0 Å². The Hall–Kier alpha value is 0.0900. The minimum Gasteiger partial charge on any atom is -0.161 e. The number of hydrogen-bond donors (Lipinski definition) is 0. The van der Waals surface area contributed by atoms with Gasteiger partial charge in [-0.25, -0.2) is 0 Å². The molecule has 0 amide bonds. The Kier molecular flexibility index (Phi) is 3.96. The topological polar surface area (TPSA) is 0 Å². The lowest BCUT2D eigenvalue weighted by molar-refractivity contribution is 0.741. The van der Waals surface area contributed by atoms with Crippen LogP contribution in [0.25, 0.3) is 0 Å². The molecule has 1 aliphatic rings. The van der Waals surface area contributed by atoms with Gasteiger partial charge in [0.15, 0.2) is 0 Å². The van der Waals surface area contributed by atoms with Gasteiger partial charge in [0.1, 0.15) is 0 Å². The first-order valence-electron chi connectivity index (χ1n) is 4.07. The minimum absolute atomic E-state index is 1.10. The first-order chi connectivity index (χ1) is 4.93. The fraction of sp³-hybridized carbons (Fsp3) is 0.778. The lowest BCUT2D eigenvalue weighted by Crippen LogP contribution is -1.73. The highest BCUT2D eigenvalue weighted by molar-refractivity contribution is 7.98. The van der Waals surface area contributed by atoms with Gasteiger partial charge in [0.2, 0.25) is 0 Å². The summed E-state index contributed by atoms with van der Waals surface area (Å²) in [6.07, 6.45) is 12.5. The number of allylic oxidation sites excluding steroid dienone is 1. The summed E-state index contributed by atoms with van der Waals surface area (Å²) in [5.41, 5.74) is 0. The van der Waals surface area contributed by atoms with Crippen LogP contribution in [0.2, 0.25) is 0 Å². The van der Waals surface area contributed by atoms with E-state index in [0.717, 1.165) is 5.92 Å². The molecule has 0 saturated heterocycles. The predicted molar refractivity (Wildman–Crippen MR) is 49.5 cm³/mol. The number of hydrogen-bond acceptors (Lipinski definition) is 1. The highest BCUT2D eigenvalue weighted by Crippen LogP contribution is 2.33. The Morgan fingerprint density at radius 2 is 2.20 bits per heavy atom. The van der Waals surface area contributed by atoms with Crippen LogP contribution in [-0.2, 0) is 0 Å². The highest BCUT2D eigenvalue weighted by atomic mass is 32.2. The SMILES string of the molecule is CSCC=CCCC1CC1. The van der Waals surface area contributed by atoms with E-state index in [1.54, 1.807) is 0 Å². The van der Waals surface area contributed by atoms with Crippen molar-refractivity contribution in [2.24, 2.45) is 5.92 Å². The van der Waals surface area contributed by atoms with Crippen molar-refractivity contribution in [2.45, 2.75) is 25.7 Å². The van der Waals surface area contributed by atoms with Gasteiger partial charge < -0.3 is 0 Å². The molecule has 0 radical (unpaired) electrons. The Labute approximate surface area is 68.1 Å². The van der Waals surface area contributed by atoms with E-state index in [-0.39, 0.29) is 0 Å². The highest BCUT2D eigenvalue weighted by Gasteiger charge is 2.19. The molecular formula is C9H16S. The van der Waals surface area contributed by atoms with Crippen LogP contribution < -0.4 is 0 Å². The summed E-state index contributed by atoms with van der Waals surface area (Å²) in [5.74, 6) is 2.28. The monoisotopic (exact) mass is 156 g/mol. The molecule has 0 unspecified atom stereocenters. The fourth-order valence-electron chi connectivity index (χ4n) is 1.02. The second kappa shape index (κ2) is 4.84. The first kappa shape index (κ1) is 8.19. The van der Waals surface area contributed by atoms with Crippen LogP contribution in [-0.4, -0.2) is 12.0 Å². The summed E-state index contributed by atoms with van der Waals surface area (Å²) in [5, 5.41) is 0. The molecule has 0 atom stereocenters. The van der Waals surface area contributed by atoms with Gasteiger partial charge in [-0.3, -0.25) is 0 Å². The van der Waals surface area contributed by atoms with Gasteiger partial charge in [0.25, 0.3) is 0 Å². The lowest BCUT2D eigenvalue weighted by Gasteiger charge is -1.89. The largest absolute Gasteiger partial charge is 0.161 e. The van der Waals surface area contributed by atoms with Gasteiger partial charge in [-0.1, -0.05) is 25.0 Å². The van der Waals surface area contributed by atoms with Crippen LogP contribution in [0.1, 0.15) is 25.7 Å². The third kappa shape index (κ3) is 3.99. The third-order valence-corrected chi connectivity index (χ3v) is 2.39. The van der Waals surface area contributed by atoms with E-state index in [0.29, 0.717) is 0 Å². The summed E-state index contributed by atoms with van der Waals surface area (Å²) in [6.45, 7) is 0. The zero-order chi connectivity index (χ0) is 7.23. The van der Waals surface area contributed by atoms with Crippen molar-refractivity contribution < 1.29 is 0 Å². The van der Waals surface area contributed by atoms with Crippen LogP contribution in [0.15, 0.2) is 12.2 Å². The zero-order valence-electron chi connectivity index (χ0n) is 6.68. The normalized spacial score (nSPS) is 18.5. The van der Waals surface area contributed by atoms with E-state index in [9.17, 15) is 0 Å². The van der Waals surface area contributed by atoms with Gasteiger partial charge in [-0.15, -0.1) is 0 Å². The number of thioether (sulfide) groups is 1. The molecule has 0 nitrogen and oxygen atoms in total. The van der Waals surface area contributed by atoms with Crippen molar-refractivity contribution in [3.05, 3.63) is 12.2 Å². The zero-order valence-corrected chi connectivity index (χ0v) is 7.49. The van der Waals surface area contributed by atoms with Gasteiger partial charge in [0, 0.05) is 5.75 Å². The molecule has 0 aliphatic heterocycles. The molecule has 58 valence electrons. The third-order valence-electron chi connectivity index (χ3n) is 1.87. The molecule has 0 aromatic carbocycles. The van der Waals surface area contributed by atoms with Gasteiger partial charge in [0.05, 0.1) is 0 Å². The summed E-state index contributed by atoms with van der Waals surface area (Å²) < 4.78 is 0. The first-order valence-corrected chi connectivity index (χ1v) is 5.47. The van der Waals surface area contributed by atoms with Crippen molar-refractivity contribution >= 4 is 11.8 Å². The standard InChI is InChI=1S/C9H16S/c1-10-8-4-2-3-5-9-6-7-9/h2,4,9H,3,5-8H2,1H3. The fourth-order valence-corrected chi connectivity index (χ4v) is 1.35. The maximum atomic E-state index is 2.33. The van der Waals surface area contributed by atoms with Gasteiger partial charge >= 0.3 is 0 Å². The second-order valence-electron chi connectivity index (χ2n) is 2.95. The summed E-state index contributed by atoms with van der Waals surface area (Å²) in [6, 6.07) is 0. The van der Waals surface area contributed by atoms with E-state index in [4.69, 9.17) is 0 Å². The Morgan fingerprint density at radius 3 is 2.80 bits per heavy atom. The minimum atomic E-state index is 1.10. The molecule has 1 rings (SSSR count). The molecule has 1 fully saturated rings. The molecule has 0 bridgehead atoms. The van der Waals surface area contributed by atoms with E-state index in [1.165, 1.54) is 31.4 Å². The van der Waals surface area contributed by atoms with Crippen LogP contribution in [0.3, 0.4) is 0 Å². The van der Waals surface area contributed by atoms with Crippen molar-refractivity contribution in [3.63, 3.8) is 0 Å². The van der Waals surface area contributed by atoms with Crippen LogP contribution in [0.4, 0.5) is 0 Å². The quantitative estimate of drug-likeness (QED) is 0.551. The lowest BCUT2D eigenvalue weighted by atomic mass is 10.2. The van der Waals surface area contributed by atoms with E-state index in [1.807, 2.05) is 11.8 Å². The van der Waals surface area contributed by atoms with Crippen molar-refractivity contribution in [1.82, 2.24) is 0 Å². The molecule has 0 heterocycles. The maximum absolute atomic E-state index is 2.33. The molecule has 1 saturated carbocycles. The van der Waals surface area contributed by atoms with E-state index in [2.05, 4.69) is 18.4 Å². The Morgan fingerprint density at radius 1 is 1.40 bits per heavy atom. The summed E-state index contributed by atoms with van der Waals surface area (Å²) in [7, 11) is 0. The average molecular weight is 156 g/mol. The molecule has 0 aromatic heterocycles. The van der Waals surface area contributed by atoms with Crippen LogP contribution >= 0.6 is 11.8 Å². The molecule has 0 aromatic rings. The molecule has 0 spiro atoms. The summed E-state index contributed by atoms with van der Waals surface area (Å²) in [4.78, 5) is 0. The molecule has 0 N–H and O–H groups in total. The maximum Gasteiger partial charge on any atom is 0.0110 e. The average Bonchev–Trinajstić information content (AvgIpc) is 2.71. The Bertz CT molecular complexity index is 103. The van der Waals surface area contributed by atoms with E-state index >= 15 is 0 Å². The predicted octanol–water partition coefficient (Wildman–Crippen LogP) is 3.10. The van der Waals surface area contributed by atoms with Crippen molar-refractivity contribution in [2.75, 3.05) is 12.0 Å². The van der Waals surface area contributed by atoms with Crippen molar-refractivity contribution in [1.29, 1.82) is 0 Å². The number of rotatable bonds is 5. The van der Waals surface area contributed by atoms with E-state index < -0.39 is 0 Å². The summed E-state index contributed by atoms with van der Waals surface area (Å²) >= 11 is 1.89. The second-order valence-corrected chi connectivity index (χ2v) is 3.86. The molecular weight excluding hydrogens is 140 g/mol. The van der Waals surface area contributed by atoms with Crippen molar-refractivity contribution in [3.8, 4) is 0 Å². The molecule has 1 heteroatoms. The molecule has 1 aliphatic carbocycles. The Balaban J connectivity index is 1.83. The van der Waals surface area contributed by atoms with Gasteiger partial charge in [-0.05, 0) is 25.0 Å². The molecule has 10 heavy (non-hydrogen) atoms. The van der Waals surface area contributed by atoms with Crippen LogP contribution in [0, 0.1) is 5.92 Å². The smallest absolute Gasteiger partial charge is 0.0110 e.